The van der Waals surface area contributed by atoms with Crippen LogP contribution in [0.2, 0.25) is 5.02 Å². The minimum absolute atomic E-state index is 0.00268. The summed E-state index contributed by atoms with van der Waals surface area (Å²) in [6.07, 6.45) is 1.91. The quantitative estimate of drug-likeness (QED) is 0.230. The molecule has 4 aromatic carbocycles. The van der Waals surface area contributed by atoms with Crippen LogP contribution < -0.4 is 14.3 Å². The van der Waals surface area contributed by atoms with E-state index in [1.165, 1.54) is 55.2 Å². The smallest absolute Gasteiger partial charge is 0.264 e. The van der Waals surface area contributed by atoms with Crippen LogP contribution in [-0.2, 0) is 20.0 Å². The molecule has 0 saturated heterocycles. The molecule has 0 heterocycles. The fourth-order valence-electron chi connectivity index (χ4n) is 3.54. The van der Waals surface area contributed by atoms with Crippen molar-refractivity contribution in [2.45, 2.75) is 14.7 Å². The Morgan fingerprint density at radius 3 is 1.97 bits per heavy atom. The molecule has 0 bridgehead atoms. The second kappa shape index (κ2) is 11.7. The molecule has 0 aliphatic carbocycles. The molecule has 0 saturated carbocycles. The van der Waals surface area contributed by atoms with Gasteiger partial charge in [-0.2, -0.15) is 0 Å². The van der Waals surface area contributed by atoms with E-state index < -0.39 is 26.0 Å². The van der Waals surface area contributed by atoms with Crippen LogP contribution in [-0.4, -0.2) is 36.0 Å². The highest BCUT2D eigenvalue weighted by atomic mass is 35.5. The normalized spacial score (nSPS) is 11.6. The Morgan fingerprint density at radius 2 is 1.38 bits per heavy atom. The summed E-state index contributed by atoms with van der Waals surface area (Å²) in [7, 11) is -6.21. The molecule has 202 valence electrons. The fraction of sp³-hybridized carbons (Fsp3) is 0.0741. The monoisotopic (exact) mass is 601 g/mol. The predicted molar refractivity (Wildman–Crippen MR) is 157 cm³/mol. The third kappa shape index (κ3) is 6.56. The van der Waals surface area contributed by atoms with Crippen molar-refractivity contribution < 1.29 is 21.6 Å². The van der Waals surface area contributed by atoms with Crippen molar-refractivity contribution in [1.29, 1.82) is 0 Å². The van der Waals surface area contributed by atoms with Crippen molar-refractivity contribution in [2.24, 2.45) is 0 Å². The van der Waals surface area contributed by atoms with Gasteiger partial charge in [0.05, 0.1) is 26.2 Å². The van der Waals surface area contributed by atoms with Crippen molar-refractivity contribution >= 4 is 66.4 Å². The molecule has 0 aliphatic heterocycles. The third-order valence-electron chi connectivity index (χ3n) is 5.75. The summed E-state index contributed by atoms with van der Waals surface area (Å²) in [5, 5.41) is 2.97. The van der Waals surface area contributed by atoms with Crippen molar-refractivity contribution in [3.8, 4) is 0 Å². The molecule has 0 radical (unpaired) electrons. The van der Waals surface area contributed by atoms with Gasteiger partial charge in [0.2, 0.25) is 0 Å². The molecular formula is C27H24ClN3O5S3. The fourth-order valence-corrected chi connectivity index (χ4v) is 6.46. The lowest BCUT2D eigenvalue weighted by Crippen LogP contribution is -2.26. The summed E-state index contributed by atoms with van der Waals surface area (Å²) in [4.78, 5) is 13.9. The van der Waals surface area contributed by atoms with Gasteiger partial charge in [-0.15, -0.1) is 11.8 Å². The van der Waals surface area contributed by atoms with Crippen LogP contribution in [0.25, 0.3) is 0 Å². The Balaban J connectivity index is 1.43. The largest absolute Gasteiger partial charge is 0.322 e. The van der Waals surface area contributed by atoms with Crippen LogP contribution >= 0.6 is 23.4 Å². The van der Waals surface area contributed by atoms with E-state index in [0.717, 1.165) is 9.20 Å². The number of sulfonamides is 2. The molecule has 4 aromatic rings. The molecule has 0 spiro atoms. The van der Waals surface area contributed by atoms with Crippen molar-refractivity contribution in [2.75, 3.05) is 27.6 Å². The molecule has 12 heteroatoms. The number of nitrogens with zero attached hydrogens (tertiary/aromatic N) is 1. The average Bonchev–Trinajstić information content (AvgIpc) is 2.94. The van der Waals surface area contributed by atoms with E-state index in [9.17, 15) is 21.6 Å². The van der Waals surface area contributed by atoms with Crippen molar-refractivity contribution in [1.82, 2.24) is 0 Å². The molecule has 0 aliphatic rings. The second-order valence-corrected chi connectivity index (χ2v) is 13.2. The molecule has 8 nitrogen and oxygen atoms in total. The lowest BCUT2D eigenvalue weighted by atomic mass is 10.2. The molecule has 4 rings (SSSR count). The average molecular weight is 602 g/mol. The van der Waals surface area contributed by atoms with Gasteiger partial charge < -0.3 is 5.32 Å². The maximum absolute atomic E-state index is 13.0. The molecule has 1 amide bonds. The van der Waals surface area contributed by atoms with Gasteiger partial charge in [-0.05, 0) is 91.2 Å². The highest BCUT2D eigenvalue weighted by molar-refractivity contribution is 7.98. The number of halogens is 1. The summed E-state index contributed by atoms with van der Waals surface area (Å²) in [5.41, 5.74) is 1.33. The number of rotatable bonds is 9. The van der Waals surface area contributed by atoms with Crippen molar-refractivity contribution in [3.63, 3.8) is 0 Å². The number of nitrogens with one attached hydrogen (secondary N) is 2. The van der Waals surface area contributed by atoms with Gasteiger partial charge in [0.1, 0.15) is 0 Å². The zero-order chi connectivity index (χ0) is 28.2. The van der Waals surface area contributed by atoms with Gasteiger partial charge in [0.25, 0.3) is 26.0 Å². The molecule has 0 aromatic heterocycles. The summed E-state index contributed by atoms with van der Waals surface area (Å²) >= 11 is 7.56. The Labute approximate surface area is 237 Å². The van der Waals surface area contributed by atoms with Crippen LogP contribution in [0.5, 0.6) is 0 Å². The van der Waals surface area contributed by atoms with Crippen molar-refractivity contribution in [3.05, 3.63) is 108 Å². The van der Waals surface area contributed by atoms with Gasteiger partial charge in [0, 0.05) is 23.2 Å². The second-order valence-electron chi connectivity index (χ2n) is 8.26. The van der Waals surface area contributed by atoms with E-state index in [1.54, 1.807) is 60.7 Å². The van der Waals surface area contributed by atoms with Crippen LogP contribution in [0.1, 0.15) is 10.4 Å². The van der Waals surface area contributed by atoms with Crippen LogP contribution in [0.4, 0.5) is 17.1 Å². The van der Waals surface area contributed by atoms with E-state index >= 15 is 0 Å². The minimum atomic E-state index is -3.88. The maximum atomic E-state index is 13.0. The predicted octanol–water partition coefficient (Wildman–Crippen LogP) is 5.94. The molecule has 0 fully saturated rings. The number of para-hydroxylation sites is 1. The van der Waals surface area contributed by atoms with Gasteiger partial charge in [-0.3, -0.25) is 13.8 Å². The lowest BCUT2D eigenvalue weighted by molar-refractivity contribution is 0.102. The number of amides is 1. The number of hydrogen-bond acceptors (Lipinski definition) is 6. The Morgan fingerprint density at radius 1 is 0.795 bits per heavy atom. The first-order chi connectivity index (χ1) is 18.5. The Bertz CT molecular complexity index is 1690. The number of benzene rings is 4. The summed E-state index contributed by atoms with van der Waals surface area (Å²) in [6.45, 7) is 0. The minimum Gasteiger partial charge on any atom is -0.322 e. The zero-order valence-corrected chi connectivity index (χ0v) is 24.0. The standard InChI is InChI=1S/C27H24ClN3O5S3/c1-31(39(35,36)24-17-13-22(37-2)14-18-24)21-11-7-19(8-12-21)27(32)29-20-9-15-23(16-10-20)38(33,34)30-26-6-4-3-5-25(26)28/h3-18,30H,1-2H3,(H,29,32). The van der Waals surface area contributed by atoms with Crippen LogP contribution in [0.15, 0.2) is 112 Å². The van der Waals surface area contributed by atoms with Gasteiger partial charge in [-0.25, -0.2) is 16.8 Å². The van der Waals surface area contributed by atoms with Gasteiger partial charge in [0.15, 0.2) is 0 Å². The summed E-state index contributed by atoms with van der Waals surface area (Å²) < 4.78 is 54.9. The molecule has 0 atom stereocenters. The van der Waals surface area contributed by atoms with E-state index in [0.29, 0.717) is 16.9 Å². The SMILES string of the molecule is CSc1ccc(S(=O)(=O)N(C)c2ccc(C(=O)Nc3ccc(S(=O)(=O)Nc4ccccc4Cl)cc3)cc2)cc1. The number of carbonyl (C=O) groups is 1. The highest BCUT2D eigenvalue weighted by Crippen LogP contribution is 2.26. The summed E-state index contributed by atoms with van der Waals surface area (Å²) in [5.74, 6) is -0.440. The maximum Gasteiger partial charge on any atom is 0.264 e. The van der Waals surface area contributed by atoms with E-state index in [-0.39, 0.29) is 20.5 Å². The molecule has 0 unspecified atom stereocenters. The molecule has 2 N–H and O–H groups in total. The first-order valence-electron chi connectivity index (χ1n) is 11.4. The molecular weight excluding hydrogens is 578 g/mol. The third-order valence-corrected chi connectivity index (χ3v) is 10.0. The first-order valence-corrected chi connectivity index (χ1v) is 16.0. The van der Waals surface area contributed by atoms with E-state index in [4.69, 9.17) is 11.6 Å². The number of hydrogen-bond donors (Lipinski definition) is 2. The lowest BCUT2D eigenvalue weighted by Gasteiger charge is -2.20. The van der Waals surface area contributed by atoms with Gasteiger partial charge >= 0.3 is 0 Å². The molecule has 39 heavy (non-hydrogen) atoms. The van der Waals surface area contributed by atoms with E-state index in [2.05, 4.69) is 10.0 Å². The van der Waals surface area contributed by atoms with Crippen LogP contribution in [0, 0.1) is 0 Å². The first kappa shape index (κ1) is 28.5. The van der Waals surface area contributed by atoms with Crippen LogP contribution in [0.3, 0.4) is 0 Å². The highest BCUT2D eigenvalue weighted by Gasteiger charge is 2.22. The zero-order valence-electron chi connectivity index (χ0n) is 20.8. The number of anilines is 3. The number of carbonyl (C=O) groups excluding carboxylic acids is 1. The van der Waals surface area contributed by atoms with E-state index in [1.807, 2.05) is 6.26 Å². The van der Waals surface area contributed by atoms with Gasteiger partial charge in [-0.1, -0.05) is 23.7 Å². The number of thioether (sulfide) groups is 1. The topological polar surface area (TPSA) is 113 Å². The summed E-state index contributed by atoms with van der Waals surface area (Å²) in [6, 6.07) is 24.9. The Hall–Kier alpha value is -3.51. The Kier molecular flexibility index (Phi) is 8.55.